The quantitative estimate of drug-likeness (QED) is 0.174. The molecule has 4 heteroatoms. The van der Waals surface area contributed by atoms with Gasteiger partial charge in [-0.1, -0.05) is 206 Å². The minimum absolute atomic E-state index is 0.449. The highest BCUT2D eigenvalue weighted by atomic mass is 15.2. The van der Waals surface area contributed by atoms with Crippen LogP contribution in [0.1, 0.15) is 22.3 Å². The number of benzene rings is 9. The lowest BCUT2D eigenvalue weighted by atomic mass is 9.70. The minimum atomic E-state index is -0.449. The first kappa shape index (κ1) is 34.6. The van der Waals surface area contributed by atoms with E-state index in [2.05, 4.69) is 199 Å². The third-order valence-corrected chi connectivity index (χ3v) is 13.1. The standard InChI is InChI=1S/C58H36N4/c1-3-18-37(19-4-1)40-22-7-8-27-48(40)56-59-55(38-20-5-2-6-21-38)60-57(61-56)62-53-33-16-12-26-46(53)47-29-17-28-41(54(47)62)39-34-35-45-44-25-11-15-32-51(44)58(52(45)36-39)49-30-13-9-23-42(49)43-24-10-14-31-50(43)58/h1-36H. The zero-order valence-corrected chi connectivity index (χ0v) is 33.6. The Morgan fingerprint density at radius 2 is 0.806 bits per heavy atom. The molecule has 0 amide bonds. The highest BCUT2D eigenvalue weighted by Crippen LogP contribution is 2.63. The Hall–Kier alpha value is -8.21. The van der Waals surface area contributed by atoms with Crippen molar-refractivity contribution in [2.75, 3.05) is 0 Å². The molecule has 0 radical (unpaired) electrons. The van der Waals surface area contributed by atoms with Crippen LogP contribution in [0.2, 0.25) is 0 Å². The largest absolute Gasteiger partial charge is 0.277 e. The maximum atomic E-state index is 5.43. The molecule has 2 heterocycles. The fourth-order valence-corrected chi connectivity index (χ4v) is 10.6. The molecule has 0 atom stereocenters. The van der Waals surface area contributed by atoms with Crippen LogP contribution in [0.15, 0.2) is 218 Å². The van der Waals surface area contributed by atoms with E-state index in [1.165, 1.54) is 44.5 Å². The van der Waals surface area contributed by atoms with E-state index in [-0.39, 0.29) is 0 Å². The molecular formula is C58H36N4. The highest BCUT2D eigenvalue weighted by molar-refractivity contribution is 6.14. The predicted octanol–water partition coefficient (Wildman–Crippen LogP) is 14.0. The Morgan fingerprint density at radius 3 is 1.48 bits per heavy atom. The molecule has 2 aliphatic carbocycles. The van der Waals surface area contributed by atoms with E-state index >= 15 is 0 Å². The molecule has 0 unspecified atom stereocenters. The van der Waals surface area contributed by atoms with E-state index in [0.717, 1.165) is 55.2 Å². The first-order valence-corrected chi connectivity index (χ1v) is 21.2. The van der Waals surface area contributed by atoms with Crippen LogP contribution in [0.3, 0.4) is 0 Å². The molecular weight excluding hydrogens is 753 g/mol. The summed E-state index contributed by atoms with van der Waals surface area (Å²) < 4.78 is 2.26. The van der Waals surface area contributed by atoms with E-state index < -0.39 is 5.41 Å². The van der Waals surface area contributed by atoms with Crippen molar-refractivity contribution in [1.82, 2.24) is 19.5 Å². The molecule has 62 heavy (non-hydrogen) atoms. The van der Waals surface area contributed by atoms with Crippen molar-refractivity contribution in [2.24, 2.45) is 0 Å². The number of hydrogen-bond acceptors (Lipinski definition) is 3. The van der Waals surface area contributed by atoms with E-state index in [9.17, 15) is 0 Å². The monoisotopic (exact) mass is 788 g/mol. The molecule has 9 aromatic carbocycles. The summed E-state index contributed by atoms with van der Waals surface area (Å²) in [4.78, 5) is 16.0. The Bertz CT molecular complexity index is 3520. The highest BCUT2D eigenvalue weighted by Gasteiger charge is 2.51. The van der Waals surface area contributed by atoms with Gasteiger partial charge in [-0.15, -0.1) is 0 Å². The van der Waals surface area contributed by atoms with Gasteiger partial charge in [-0.05, 0) is 73.3 Å². The molecule has 0 saturated carbocycles. The van der Waals surface area contributed by atoms with Crippen LogP contribution >= 0.6 is 0 Å². The Kier molecular flexibility index (Phi) is 7.49. The zero-order valence-electron chi connectivity index (χ0n) is 33.6. The molecule has 0 bridgehead atoms. The van der Waals surface area contributed by atoms with Crippen LogP contribution in [-0.2, 0) is 5.41 Å². The van der Waals surface area contributed by atoms with Crippen molar-refractivity contribution in [3.63, 3.8) is 0 Å². The van der Waals surface area contributed by atoms with E-state index in [4.69, 9.17) is 15.0 Å². The third-order valence-electron chi connectivity index (χ3n) is 13.1. The summed E-state index contributed by atoms with van der Waals surface area (Å²) in [6.07, 6.45) is 0. The van der Waals surface area contributed by atoms with E-state index in [1.54, 1.807) is 0 Å². The van der Waals surface area contributed by atoms with Crippen LogP contribution in [-0.4, -0.2) is 19.5 Å². The molecule has 11 aromatic rings. The summed E-state index contributed by atoms with van der Waals surface area (Å²) in [6.45, 7) is 0. The molecule has 13 rings (SSSR count). The SMILES string of the molecule is c1ccc(-c2nc(-c3ccccc3-c3ccccc3)nc(-n3c4ccccc4c4cccc(-c5ccc6c(c5)C5(c7ccccc7-c7ccccc75)c5ccccc5-6)c43)n2)cc1. The Morgan fingerprint density at radius 1 is 0.306 bits per heavy atom. The predicted molar refractivity (Wildman–Crippen MR) is 252 cm³/mol. The lowest BCUT2D eigenvalue weighted by molar-refractivity contribution is 0.794. The van der Waals surface area contributed by atoms with Crippen molar-refractivity contribution in [3.05, 3.63) is 241 Å². The number of fused-ring (bicyclic) bond motifs is 13. The van der Waals surface area contributed by atoms with Gasteiger partial charge < -0.3 is 0 Å². The molecule has 0 fully saturated rings. The summed E-state index contributed by atoms with van der Waals surface area (Å²) in [6, 6.07) is 78.5. The molecule has 2 aromatic heterocycles. The van der Waals surface area contributed by atoms with Crippen LogP contribution in [0, 0.1) is 0 Å². The molecule has 4 nitrogen and oxygen atoms in total. The van der Waals surface area contributed by atoms with Gasteiger partial charge in [0.15, 0.2) is 11.6 Å². The van der Waals surface area contributed by atoms with Crippen molar-refractivity contribution < 1.29 is 0 Å². The smallest absolute Gasteiger partial charge is 0.238 e. The van der Waals surface area contributed by atoms with Crippen molar-refractivity contribution in [1.29, 1.82) is 0 Å². The minimum Gasteiger partial charge on any atom is -0.277 e. The fraction of sp³-hybridized carbons (Fsp3) is 0.0172. The van der Waals surface area contributed by atoms with Crippen molar-refractivity contribution >= 4 is 21.8 Å². The summed E-state index contributed by atoms with van der Waals surface area (Å²) in [5.41, 5.74) is 18.4. The van der Waals surface area contributed by atoms with Gasteiger partial charge in [0.25, 0.3) is 0 Å². The average molecular weight is 789 g/mol. The van der Waals surface area contributed by atoms with Gasteiger partial charge in [-0.3, -0.25) is 4.57 Å². The number of hydrogen-bond donors (Lipinski definition) is 0. The van der Waals surface area contributed by atoms with Crippen LogP contribution < -0.4 is 0 Å². The average Bonchev–Trinajstić information content (AvgIpc) is 3.96. The van der Waals surface area contributed by atoms with Gasteiger partial charge in [0.2, 0.25) is 5.95 Å². The molecule has 0 saturated heterocycles. The summed E-state index contributed by atoms with van der Waals surface area (Å²) in [5.74, 6) is 1.80. The van der Waals surface area contributed by atoms with Crippen LogP contribution in [0.5, 0.6) is 0 Å². The molecule has 1 spiro atoms. The molecule has 0 N–H and O–H groups in total. The maximum Gasteiger partial charge on any atom is 0.238 e. The first-order valence-electron chi connectivity index (χ1n) is 21.2. The van der Waals surface area contributed by atoms with Crippen molar-refractivity contribution in [2.45, 2.75) is 5.41 Å². The third kappa shape index (κ3) is 4.86. The Balaban J connectivity index is 1.09. The first-order chi connectivity index (χ1) is 30.8. The topological polar surface area (TPSA) is 43.6 Å². The van der Waals surface area contributed by atoms with E-state index in [0.29, 0.717) is 17.6 Å². The summed E-state index contributed by atoms with van der Waals surface area (Å²) in [5, 5.41) is 2.28. The number of para-hydroxylation sites is 2. The van der Waals surface area contributed by atoms with Gasteiger partial charge in [0, 0.05) is 27.5 Å². The normalized spacial score (nSPS) is 13.0. The lowest BCUT2D eigenvalue weighted by Crippen LogP contribution is -2.25. The maximum absolute atomic E-state index is 5.43. The summed E-state index contributed by atoms with van der Waals surface area (Å²) in [7, 11) is 0. The van der Waals surface area contributed by atoms with Crippen molar-refractivity contribution in [3.8, 4) is 73.2 Å². The zero-order chi connectivity index (χ0) is 40.8. The number of nitrogens with zero attached hydrogens (tertiary/aromatic N) is 4. The number of rotatable bonds is 5. The van der Waals surface area contributed by atoms with Gasteiger partial charge >= 0.3 is 0 Å². The van der Waals surface area contributed by atoms with E-state index in [1.807, 2.05) is 24.3 Å². The fourth-order valence-electron chi connectivity index (χ4n) is 10.6. The lowest BCUT2D eigenvalue weighted by Gasteiger charge is -2.30. The second-order valence-electron chi connectivity index (χ2n) is 16.3. The summed E-state index contributed by atoms with van der Waals surface area (Å²) >= 11 is 0. The van der Waals surface area contributed by atoms with Gasteiger partial charge in [-0.25, -0.2) is 4.98 Å². The van der Waals surface area contributed by atoms with Gasteiger partial charge in [-0.2, -0.15) is 9.97 Å². The second kappa shape index (κ2) is 13.4. The Labute approximate surface area is 359 Å². The molecule has 0 aliphatic heterocycles. The van der Waals surface area contributed by atoms with Crippen LogP contribution in [0.25, 0.3) is 95.0 Å². The second-order valence-corrected chi connectivity index (χ2v) is 16.3. The number of aromatic nitrogens is 4. The molecule has 288 valence electrons. The van der Waals surface area contributed by atoms with Crippen LogP contribution in [0.4, 0.5) is 0 Å². The van der Waals surface area contributed by atoms with Gasteiger partial charge in [0.1, 0.15) is 0 Å². The van der Waals surface area contributed by atoms with Gasteiger partial charge in [0.05, 0.1) is 16.4 Å². The molecule has 2 aliphatic rings.